The van der Waals surface area contributed by atoms with Gasteiger partial charge in [0.15, 0.2) is 0 Å². The predicted octanol–water partition coefficient (Wildman–Crippen LogP) is 2.69. The Kier molecular flexibility index (Phi) is 4.83. The number of nitrogens with one attached hydrogen (secondary N) is 1. The third-order valence-electron chi connectivity index (χ3n) is 3.78. The summed E-state index contributed by atoms with van der Waals surface area (Å²) in [6, 6.07) is 7.61. The molecule has 4 heteroatoms. The normalized spacial score (nSPS) is 23.1. The van der Waals surface area contributed by atoms with Crippen LogP contribution in [0.25, 0.3) is 0 Å². The highest BCUT2D eigenvalue weighted by Gasteiger charge is 2.29. The van der Waals surface area contributed by atoms with Crippen LogP contribution >= 0.6 is 11.6 Å². The molecule has 0 saturated carbocycles. The first kappa shape index (κ1) is 14.4. The van der Waals surface area contributed by atoms with Gasteiger partial charge in [0.2, 0.25) is 5.91 Å². The zero-order chi connectivity index (χ0) is 13.8. The van der Waals surface area contributed by atoms with Gasteiger partial charge in [-0.3, -0.25) is 4.79 Å². The fraction of sp³-hybridized carbons (Fsp3) is 0.533. The first-order valence-corrected chi connectivity index (χ1v) is 7.19. The van der Waals surface area contributed by atoms with E-state index < -0.39 is 0 Å². The summed E-state index contributed by atoms with van der Waals surface area (Å²) in [7, 11) is 1.84. The molecule has 2 rings (SSSR count). The number of nitrogens with zero attached hydrogens (tertiary/aromatic N) is 1. The predicted molar refractivity (Wildman–Crippen MR) is 78.1 cm³/mol. The van der Waals surface area contributed by atoms with Crippen molar-refractivity contribution < 1.29 is 4.79 Å². The smallest absolute Gasteiger partial charge is 0.240 e. The van der Waals surface area contributed by atoms with E-state index in [9.17, 15) is 4.79 Å². The number of piperidine rings is 1. The highest BCUT2D eigenvalue weighted by molar-refractivity contribution is 6.31. The lowest BCUT2D eigenvalue weighted by atomic mass is 9.92. The van der Waals surface area contributed by atoms with Gasteiger partial charge in [-0.15, -0.1) is 0 Å². The number of benzene rings is 1. The Bertz CT molecular complexity index is 450. The topological polar surface area (TPSA) is 32.3 Å². The van der Waals surface area contributed by atoms with E-state index in [1.165, 1.54) is 0 Å². The molecule has 0 bridgehead atoms. The summed E-state index contributed by atoms with van der Waals surface area (Å²) < 4.78 is 0. The second-order valence-electron chi connectivity index (χ2n) is 5.34. The number of halogens is 1. The van der Waals surface area contributed by atoms with Crippen LogP contribution in [-0.2, 0) is 11.3 Å². The van der Waals surface area contributed by atoms with Crippen molar-refractivity contribution in [1.82, 2.24) is 10.2 Å². The van der Waals surface area contributed by atoms with E-state index in [0.717, 1.165) is 24.9 Å². The number of rotatable bonds is 3. The van der Waals surface area contributed by atoms with Crippen molar-refractivity contribution >= 4 is 17.5 Å². The van der Waals surface area contributed by atoms with Crippen molar-refractivity contribution in [3.63, 3.8) is 0 Å². The van der Waals surface area contributed by atoms with Crippen LogP contribution in [0, 0.1) is 5.92 Å². The number of likely N-dealkylation sites (N-methyl/N-ethyl adjacent to an activating group) is 1. The Morgan fingerprint density at radius 2 is 2.21 bits per heavy atom. The molecular weight excluding hydrogens is 260 g/mol. The Labute approximate surface area is 119 Å². The SMILES string of the molecule is CC1CCCNC1C(=O)N(C)Cc1ccccc1Cl. The highest BCUT2D eigenvalue weighted by Crippen LogP contribution is 2.20. The lowest BCUT2D eigenvalue weighted by molar-refractivity contribution is -0.134. The van der Waals surface area contributed by atoms with Crippen molar-refractivity contribution in [1.29, 1.82) is 0 Å². The van der Waals surface area contributed by atoms with Gasteiger partial charge in [-0.2, -0.15) is 0 Å². The summed E-state index contributed by atoms with van der Waals surface area (Å²) in [5, 5.41) is 4.04. The Morgan fingerprint density at radius 3 is 2.89 bits per heavy atom. The lowest BCUT2D eigenvalue weighted by Crippen LogP contribution is -2.51. The molecule has 1 fully saturated rings. The van der Waals surface area contributed by atoms with Gasteiger partial charge in [-0.25, -0.2) is 0 Å². The van der Waals surface area contributed by atoms with Gasteiger partial charge in [0.1, 0.15) is 0 Å². The second-order valence-corrected chi connectivity index (χ2v) is 5.74. The van der Waals surface area contributed by atoms with E-state index in [-0.39, 0.29) is 11.9 Å². The minimum absolute atomic E-state index is 0.0544. The summed E-state index contributed by atoms with van der Waals surface area (Å²) in [6.45, 7) is 3.63. The summed E-state index contributed by atoms with van der Waals surface area (Å²) in [4.78, 5) is 14.2. The summed E-state index contributed by atoms with van der Waals surface area (Å²) in [5.74, 6) is 0.557. The summed E-state index contributed by atoms with van der Waals surface area (Å²) in [6.07, 6.45) is 2.27. The molecule has 0 aromatic heterocycles. The maximum atomic E-state index is 12.4. The van der Waals surface area contributed by atoms with Crippen molar-refractivity contribution in [2.45, 2.75) is 32.4 Å². The number of carbonyl (C=O) groups is 1. The molecule has 1 aliphatic rings. The number of amides is 1. The Morgan fingerprint density at radius 1 is 1.47 bits per heavy atom. The van der Waals surface area contributed by atoms with Crippen LogP contribution in [0.4, 0.5) is 0 Å². The number of hydrogen-bond acceptors (Lipinski definition) is 2. The van der Waals surface area contributed by atoms with E-state index in [1.807, 2.05) is 31.3 Å². The minimum atomic E-state index is -0.0544. The highest BCUT2D eigenvalue weighted by atomic mass is 35.5. The molecule has 1 aromatic rings. The van der Waals surface area contributed by atoms with Gasteiger partial charge >= 0.3 is 0 Å². The van der Waals surface area contributed by atoms with E-state index in [4.69, 9.17) is 11.6 Å². The monoisotopic (exact) mass is 280 g/mol. The zero-order valence-corrected chi connectivity index (χ0v) is 12.3. The maximum absolute atomic E-state index is 12.4. The first-order valence-electron chi connectivity index (χ1n) is 6.81. The van der Waals surface area contributed by atoms with Gasteiger partial charge in [-0.05, 0) is 36.9 Å². The van der Waals surface area contributed by atoms with Gasteiger partial charge in [-0.1, -0.05) is 36.7 Å². The van der Waals surface area contributed by atoms with Crippen LogP contribution in [0.2, 0.25) is 5.02 Å². The van der Waals surface area contributed by atoms with Crippen LogP contribution in [-0.4, -0.2) is 30.4 Å². The Hall–Kier alpha value is -1.06. The van der Waals surface area contributed by atoms with E-state index in [0.29, 0.717) is 17.5 Å². The van der Waals surface area contributed by atoms with Crippen molar-refractivity contribution in [2.24, 2.45) is 5.92 Å². The molecule has 3 nitrogen and oxygen atoms in total. The van der Waals surface area contributed by atoms with Crippen molar-refractivity contribution in [3.05, 3.63) is 34.9 Å². The molecule has 1 amide bonds. The molecule has 1 aromatic carbocycles. The van der Waals surface area contributed by atoms with E-state index in [1.54, 1.807) is 4.90 Å². The maximum Gasteiger partial charge on any atom is 0.240 e. The second kappa shape index (κ2) is 6.40. The van der Waals surface area contributed by atoms with E-state index >= 15 is 0 Å². The van der Waals surface area contributed by atoms with Gasteiger partial charge in [0.05, 0.1) is 6.04 Å². The average Bonchev–Trinajstić information content (AvgIpc) is 2.41. The average molecular weight is 281 g/mol. The van der Waals surface area contributed by atoms with Gasteiger partial charge < -0.3 is 10.2 Å². The van der Waals surface area contributed by atoms with E-state index in [2.05, 4.69) is 12.2 Å². The van der Waals surface area contributed by atoms with Gasteiger partial charge in [0.25, 0.3) is 0 Å². The molecule has 19 heavy (non-hydrogen) atoms. The molecular formula is C15H21ClN2O. The van der Waals surface area contributed by atoms with Crippen LogP contribution in [0.1, 0.15) is 25.3 Å². The van der Waals surface area contributed by atoms with Crippen molar-refractivity contribution in [3.8, 4) is 0 Å². The minimum Gasteiger partial charge on any atom is -0.340 e. The largest absolute Gasteiger partial charge is 0.340 e. The van der Waals surface area contributed by atoms with Crippen LogP contribution in [0.3, 0.4) is 0 Å². The lowest BCUT2D eigenvalue weighted by Gasteiger charge is -2.32. The molecule has 0 radical (unpaired) electrons. The number of carbonyl (C=O) groups excluding carboxylic acids is 1. The molecule has 104 valence electrons. The quantitative estimate of drug-likeness (QED) is 0.923. The summed E-state index contributed by atoms with van der Waals surface area (Å²) >= 11 is 6.13. The molecule has 1 N–H and O–H groups in total. The molecule has 1 saturated heterocycles. The molecule has 0 aliphatic carbocycles. The zero-order valence-electron chi connectivity index (χ0n) is 11.5. The first-order chi connectivity index (χ1) is 9.09. The fourth-order valence-corrected chi connectivity index (χ4v) is 2.77. The standard InChI is InChI=1S/C15H21ClN2O/c1-11-6-5-9-17-14(11)15(19)18(2)10-12-7-3-4-8-13(12)16/h3-4,7-8,11,14,17H,5-6,9-10H2,1-2H3. The van der Waals surface area contributed by atoms with Crippen LogP contribution in [0.5, 0.6) is 0 Å². The molecule has 2 unspecified atom stereocenters. The fourth-order valence-electron chi connectivity index (χ4n) is 2.58. The van der Waals surface area contributed by atoms with Crippen LogP contribution in [0.15, 0.2) is 24.3 Å². The molecule has 0 spiro atoms. The molecule has 1 aliphatic heterocycles. The Balaban J connectivity index is 2.01. The molecule has 2 atom stereocenters. The van der Waals surface area contributed by atoms with Gasteiger partial charge in [0, 0.05) is 18.6 Å². The molecule has 1 heterocycles. The third-order valence-corrected chi connectivity index (χ3v) is 4.15. The van der Waals surface area contributed by atoms with Crippen molar-refractivity contribution in [2.75, 3.05) is 13.6 Å². The third kappa shape index (κ3) is 3.48. The number of hydrogen-bond donors (Lipinski definition) is 1. The van der Waals surface area contributed by atoms with Crippen LogP contribution < -0.4 is 5.32 Å². The summed E-state index contributed by atoms with van der Waals surface area (Å²) in [5.41, 5.74) is 0.989.